The number of H-pyrrole nitrogens is 1. The van der Waals surface area contributed by atoms with Crippen molar-refractivity contribution in [1.29, 1.82) is 0 Å². The molecular weight excluding hydrogens is 285 g/mol. The third-order valence-electron chi connectivity index (χ3n) is 3.13. The summed E-state index contributed by atoms with van der Waals surface area (Å²) in [5.41, 5.74) is 0.966. The Labute approximate surface area is 126 Å². The van der Waals surface area contributed by atoms with Gasteiger partial charge in [-0.3, -0.25) is 5.10 Å². The smallest absolute Gasteiger partial charge is 0.157 e. The fourth-order valence-electron chi connectivity index (χ4n) is 2.02. The number of aromatic amines is 1. The van der Waals surface area contributed by atoms with Crippen molar-refractivity contribution >= 4 is 6.08 Å². The highest BCUT2D eigenvalue weighted by Crippen LogP contribution is 2.16. The van der Waals surface area contributed by atoms with E-state index >= 15 is 0 Å². The summed E-state index contributed by atoms with van der Waals surface area (Å²) in [6.45, 7) is 0. The van der Waals surface area contributed by atoms with Crippen molar-refractivity contribution in [2.75, 3.05) is 0 Å². The molecule has 5 nitrogen and oxygen atoms in total. The highest BCUT2D eigenvalue weighted by molar-refractivity contribution is 5.44. The van der Waals surface area contributed by atoms with E-state index in [-0.39, 0.29) is 5.82 Å². The monoisotopic (exact) mass is 299 g/mol. The first-order valence-corrected chi connectivity index (χ1v) is 6.75. The molecule has 1 aromatic carbocycles. The number of hydrogen-bond donors (Lipinski definition) is 2. The van der Waals surface area contributed by atoms with Gasteiger partial charge in [-0.25, -0.2) is 9.37 Å². The van der Waals surface area contributed by atoms with Crippen molar-refractivity contribution in [2.45, 2.75) is 12.5 Å². The Bertz CT molecular complexity index is 748. The molecule has 0 aliphatic carbocycles. The van der Waals surface area contributed by atoms with Crippen molar-refractivity contribution in [1.82, 2.24) is 15.2 Å². The standard InChI is InChI=1S/C16H14FN3O2/c17-12-3-1-11(2-4-12)9-14-6-5-13(22-14)7-8-15(21)16-18-10-19-20-16/h1-8,10,15,21H,9H2,(H,18,19,20)/b8-7-. The maximum absolute atomic E-state index is 12.9. The van der Waals surface area contributed by atoms with E-state index in [1.165, 1.54) is 18.5 Å². The average molecular weight is 299 g/mol. The SMILES string of the molecule is OC(/C=C\c1ccc(Cc2ccc(F)cc2)o1)c1ncn[nH]1. The van der Waals surface area contributed by atoms with Gasteiger partial charge < -0.3 is 9.52 Å². The molecule has 112 valence electrons. The Morgan fingerprint density at radius 1 is 1.23 bits per heavy atom. The zero-order valence-electron chi connectivity index (χ0n) is 11.6. The van der Waals surface area contributed by atoms with Crippen LogP contribution in [0.1, 0.15) is 29.0 Å². The molecule has 1 unspecified atom stereocenters. The molecule has 22 heavy (non-hydrogen) atoms. The Balaban J connectivity index is 1.64. The molecule has 0 aliphatic rings. The van der Waals surface area contributed by atoms with Gasteiger partial charge in [0, 0.05) is 6.42 Å². The van der Waals surface area contributed by atoms with Crippen LogP contribution in [0.4, 0.5) is 4.39 Å². The lowest BCUT2D eigenvalue weighted by Gasteiger charge is -1.99. The normalized spacial score (nSPS) is 12.8. The number of aliphatic hydroxyl groups is 1. The van der Waals surface area contributed by atoms with Crippen molar-refractivity contribution in [3.8, 4) is 0 Å². The lowest BCUT2D eigenvalue weighted by molar-refractivity contribution is 0.219. The summed E-state index contributed by atoms with van der Waals surface area (Å²) in [6, 6.07) is 9.95. The first-order valence-electron chi connectivity index (χ1n) is 6.75. The molecule has 6 heteroatoms. The number of halogens is 1. The van der Waals surface area contributed by atoms with E-state index < -0.39 is 6.10 Å². The van der Waals surface area contributed by atoms with E-state index in [9.17, 15) is 9.50 Å². The number of nitrogens with one attached hydrogen (secondary N) is 1. The fourth-order valence-corrected chi connectivity index (χ4v) is 2.02. The van der Waals surface area contributed by atoms with E-state index in [1.54, 1.807) is 24.3 Å². The minimum absolute atomic E-state index is 0.256. The van der Waals surface area contributed by atoms with Gasteiger partial charge in [-0.15, -0.1) is 0 Å². The maximum Gasteiger partial charge on any atom is 0.157 e. The summed E-state index contributed by atoms with van der Waals surface area (Å²) in [7, 11) is 0. The first kappa shape index (κ1) is 14.2. The number of hydrogen-bond acceptors (Lipinski definition) is 4. The Morgan fingerprint density at radius 3 is 2.77 bits per heavy atom. The van der Waals surface area contributed by atoms with Gasteiger partial charge in [0.15, 0.2) is 5.82 Å². The number of nitrogens with zero attached hydrogens (tertiary/aromatic N) is 2. The van der Waals surface area contributed by atoms with Crippen LogP contribution in [-0.4, -0.2) is 20.3 Å². The lowest BCUT2D eigenvalue weighted by Crippen LogP contribution is -1.95. The zero-order chi connectivity index (χ0) is 15.4. The summed E-state index contributed by atoms with van der Waals surface area (Å²) in [6.07, 6.45) is 4.27. The summed E-state index contributed by atoms with van der Waals surface area (Å²) in [5.74, 6) is 1.50. The van der Waals surface area contributed by atoms with Gasteiger partial charge in [0.25, 0.3) is 0 Å². The van der Waals surface area contributed by atoms with Gasteiger partial charge in [-0.2, -0.15) is 5.10 Å². The van der Waals surface area contributed by atoms with E-state index in [4.69, 9.17) is 4.42 Å². The van der Waals surface area contributed by atoms with Crippen molar-refractivity contribution in [2.24, 2.45) is 0 Å². The van der Waals surface area contributed by atoms with Gasteiger partial charge in [-0.05, 0) is 42.0 Å². The average Bonchev–Trinajstić information content (AvgIpc) is 3.19. The quantitative estimate of drug-likeness (QED) is 0.759. The van der Waals surface area contributed by atoms with Gasteiger partial charge in [0.05, 0.1) is 0 Å². The Hall–Kier alpha value is -2.73. The molecule has 2 N–H and O–H groups in total. The molecule has 1 atom stereocenters. The van der Waals surface area contributed by atoms with Crippen LogP contribution in [0.3, 0.4) is 0 Å². The highest BCUT2D eigenvalue weighted by Gasteiger charge is 2.07. The zero-order valence-corrected chi connectivity index (χ0v) is 11.6. The summed E-state index contributed by atoms with van der Waals surface area (Å²) in [5, 5.41) is 16.1. The Kier molecular flexibility index (Phi) is 4.11. The van der Waals surface area contributed by atoms with Gasteiger partial charge in [0.2, 0.25) is 0 Å². The van der Waals surface area contributed by atoms with Crippen LogP contribution < -0.4 is 0 Å². The van der Waals surface area contributed by atoms with E-state index in [2.05, 4.69) is 15.2 Å². The van der Waals surface area contributed by atoms with Gasteiger partial charge in [0.1, 0.15) is 29.8 Å². The van der Waals surface area contributed by atoms with Crippen LogP contribution in [0.2, 0.25) is 0 Å². The van der Waals surface area contributed by atoms with Gasteiger partial charge >= 0.3 is 0 Å². The van der Waals surface area contributed by atoms with Crippen LogP contribution in [0, 0.1) is 5.82 Å². The second kappa shape index (κ2) is 6.36. The van der Waals surface area contributed by atoms with Gasteiger partial charge in [-0.1, -0.05) is 12.1 Å². The van der Waals surface area contributed by atoms with Crippen LogP contribution in [0.5, 0.6) is 0 Å². The molecule has 0 bridgehead atoms. The molecule has 0 saturated heterocycles. The first-order chi connectivity index (χ1) is 10.7. The van der Waals surface area contributed by atoms with Crippen molar-refractivity contribution in [3.05, 3.63) is 77.5 Å². The third kappa shape index (κ3) is 3.48. The van der Waals surface area contributed by atoms with Crippen molar-refractivity contribution < 1.29 is 13.9 Å². The van der Waals surface area contributed by atoms with Crippen LogP contribution in [-0.2, 0) is 6.42 Å². The molecular formula is C16H14FN3O2. The Morgan fingerprint density at radius 2 is 2.05 bits per heavy atom. The molecule has 0 fully saturated rings. The number of benzene rings is 1. The number of rotatable bonds is 5. The largest absolute Gasteiger partial charge is 0.461 e. The maximum atomic E-state index is 12.9. The summed E-state index contributed by atoms with van der Waals surface area (Å²) >= 11 is 0. The second-order valence-electron chi connectivity index (χ2n) is 4.78. The predicted octanol–water partition coefficient (Wildman–Crippen LogP) is 2.87. The van der Waals surface area contributed by atoms with Crippen LogP contribution in [0.25, 0.3) is 6.08 Å². The lowest BCUT2D eigenvalue weighted by atomic mass is 10.1. The van der Waals surface area contributed by atoms with Crippen molar-refractivity contribution in [3.63, 3.8) is 0 Å². The summed E-state index contributed by atoms with van der Waals surface area (Å²) < 4.78 is 18.5. The van der Waals surface area contributed by atoms with Crippen LogP contribution in [0.15, 0.2) is 53.2 Å². The minimum atomic E-state index is -0.867. The highest BCUT2D eigenvalue weighted by atomic mass is 19.1. The molecule has 2 heterocycles. The number of furan rings is 1. The molecule has 0 saturated carbocycles. The number of aliphatic hydroxyl groups excluding tert-OH is 1. The second-order valence-corrected chi connectivity index (χ2v) is 4.78. The molecule has 0 spiro atoms. The topological polar surface area (TPSA) is 74.9 Å². The predicted molar refractivity (Wildman–Crippen MR) is 78.3 cm³/mol. The molecule has 2 aromatic heterocycles. The molecule has 0 radical (unpaired) electrons. The summed E-state index contributed by atoms with van der Waals surface area (Å²) in [4.78, 5) is 3.87. The molecule has 0 aliphatic heterocycles. The molecule has 0 amide bonds. The van der Waals surface area contributed by atoms with E-state index in [0.29, 0.717) is 18.0 Å². The fraction of sp³-hybridized carbons (Fsp3) is 0.125. The van der Waals surface area contributed by atoms with E-state index in [0.717, 1.165) is 11.3 Å². The van der Waals surface area contributed by atoms with Crippen LogP contribution >= 0.6 is 0 Å². The molecule has 3 rings (SSSR count). The minimum Gasteiger partial charge on any atom is -0.461 e. The third-order valence-corrected chi connectivity index (χ3v) is 3.13. The van der Waals surface area contributed by atoms with E-state index in [1.807, 2.05) is 12.1 Å². The molecule has 3 aromatic rings. The number of aromatic nitrogens is 3.